The summed E-state index contributed by atoms with van der Waals surface area (Å²) < 4.78 is 51.9. The van der Waals surface area contributed by atoms with E-state index in [1.807, 2.05) is 0 Å². The topological polar surface area (TPSA) is 156 Å². The summed E-state index contributed by atoms with van der Waals surface area (Å²) in [5.41, 5.74) is 0.315. The summed E-state index contributed by atoms with van der Waals surface area (Å²) in [5.74, 6) is -5.62. The summed E-state index contributed by atoms with van der Waals surface area (Å²) in [7, 11) is 0. The molecule has 0 fully saturated rings. The van der Waals surface area contributed by atoms with Crippen molar-refractivity contribution in [3.8, 4) is 0 Å². The predicted octanol–water partition coefficient (Wildman–Crippen LogP) is 7.13. The molecule has 0 unspecified atom stereocenters. The maximum absolute atomic E-state index is 13.1. The molecule has 0 aromatic heterocycles. The molecule has 2 aromatic rings. The lowest BCUT2D eigenvalue weighted by atomic mass is 9.99. The highest BCUT2D eigenvalue weighted by molar-refractivity contribution is 5.66. The van der Waals surface area contributed by atoms with Gasteiger partial charge in [0, 0.05) is 12.8 Å². The van der Waals surface area contributed by atoms with Crippen molar-refractivity contribution in [3.63, 3.8) is 0 Å². The number of benzene rings is 2. The third-order valence-electron chi connectivity index (χ3n) is 7.58. The number of aliphatic hydroxyl groups is 4. The quantitative estimate of drug-likeness (QED) is 0.0576. The van der Waals surface area contributed by atoms with Crippen LogP contribution < -0.4 is 0 Å². The lowest BCUT2D eigenvalue weighted by molar-refractivity contribution is -0.138. The molecule has 12 heteroatoms. The minimum absolute atomic E-state index is 0.157. The lowest BCUT2D eigenvalue weighted by Gasteiger charge is -2.18. The van der Waals surface area contributed by atoms with E-state index in [9.17, 15) is 47.6 Å². The molecule has 2 aromatic carbocycles. The van der Waals surface area contributed by atoms with Crippen LogP contribution in [0.4, 0.5) is 17.6 Å². The van der Waals surface area contributed by atoms with Crippen LogP contribution in [0.5, 0.6) is 0 Å². The summed E-state index contributed by atoms with van der Waals surface area (Å²) in [6, 6.07) is 6.16. The fraction of sp³-hybridized carbons (Fsp3) is 0.588. The molecule has 0 heterocycles. The van der Waals surface area contributed by atoms with Crippen molar-refractivity contribution < 1.29 is 57.8 Å². The molecule has 8 nitrogen and oxygen atoms in total. The molecule has 0 aliphatic heterocycles. The van der Waals surface area contributed by atoms with Crippen LogP contribution in [0.2, 0.25) is 0 Å². The Bertz CT molecular complexity index is 1080. The number of carboxylic acids is 2. The molecule has 6 N–H and O–H groups in total. The van der Waals surface area contributed by atoms with Crippen molar-refractivity contribution in [2.24, 2.45) is 0 Å². The van der Waals surface area contributed by atoms with Gasteiger partial charge in [-0.25, -0.2) is 17.6 Å². The summed E-state index contributed by atoms with van der Waals surface area (Å²) in [4.78, 5) is 20.7. The second kappa shape index (κ2) is 23.3. The number of hydrogen-bond donors (Lipinski definition) is 6. The Kier molecular flexibility index (Phi) is 20.7. The fourth-order valence-electron chi connectivity index (χ4n) is 4.83. The molecule has 0 saturated carbocycles. The summed E-state index contributed by atoms with van der Waals surface area (Å²) in [6.45, 7) is 0. The van der Waals surface area contributed by atoms with Crippen molar-refractivity contribution in [1.82, 2.24) is 0 Å². The van der Waals surface area contributed by atoms with Crippen molar-refractivity contribution in [1.29, 1.82) is 0 Å². The maximum Gasteiger partial charge on any atom is 0.303 e. The van der Waals surface area contributed by atoms with Gasteiger partial charge in [-0.1, -0.05) is 76.3 Å². The number of carboxylic acid groups (broad SMARTS) is 2. The molecule has 46 heavy (non-hydrogen) atoms. The van der Waals surface area contributed by atoms with E-state index in [0.717, 1.165) is 75.6 Å². The molecule has 0 saturated heterocycles. The van der Waals surface area contributed by atoms with E-state index < -0.39 is 59.6 Å². The molecule has 260 valence electrons. The van der Waals surface area contributed by atoms with Gasteiger partial charge < -0.3 is 30.6 Å². The van der Waals surface area contributed by atoms with Gasteiger partial charge >= 0.3 is 11.9 Å². The second-order valence-corrected chi connectivity index (χ2v) is 11.5. The van der Waals surface area contributed by atoms with Crippen molar-refractivity contribution in [2.45, 2.75) is 127 Å². The second-order valence-electron chi connectivity index (χ2n) is 11.5. The van der Waals surface area contributed by atoms with E-state index in [0.29, 0.717) is 38.5 Å². The highest BCUT2D eigenvalue weighted by Crippen LogP contribution is 2.24. The monoisotopic (exact) mass is 660 g/mol. The Balaban J connectivity index is 0.000000460. The first-order chi connectivity index (χ1) is 21.8. The normalized spacial score (nSPS) is 13.7. The molecule has 4 atom stereocenters. The van der Waals surface area contributed by atoms with Crippen LogP contribution in [0.3, 0.4) is 0 Å². The van der Waals surface area contributed by atoms with E-state index in [2.05, 4.69) is 0 Å². The van der Waals surface area contributed by atoms with Crippen LogP contribution in [0, 0.1) is 23.3 Å². The standard InChI is InChI=1S/2C17H24F2O4/c2*18-13-10-9-12(11-14(13)19)17(23)15(20)7-5-3-1-2-4-6-8-16(21)22/h2*9-11,15,17,20,23H,1-8H2,(H,21,22)/t2*15-,17+/m10/s1. The number of carbonyl (C=O) groups is 2. The zero-order valence-electron chi connectivity index (χ0n) is 26.1. The third-order valence-corrected chi connectivity index (χ3v) is 7.58. The number of unbranched alkanes of at least 4 members (excludes halogenated alkanes) is 10. The van der Waals surface area contributed by atoms with Gasteiger partial charge in [0.25, 0.3) is 0 Å². The van der Waals surface area contributed by atoms with E-state index in [1.54, 1.807) is 0 Å². The Hall–Kier alpha value is -3.06. The van der Waals surface area contributed by atoms with Crippen LogP contribution in [0.15, 0.2) is 36.4 Å². The summed E-state index contributed by atoms with van der Waals surface area (Å²) in [6.07, 6.45) is 6.61. The SMILES string of the molecule is O=C(O)CCCCCCCC[C@@H](O)[C@@H](O)c1ccc(F)c(F)c1.O=C(O)CCCCCCCC[C@H](O)[C@H](O)c1ccc(F)c(F)c1. The van der Waals surface area contributed by atoms with E-state index in [1.165, 1.54) is 12.1 Å². The van der Waals surface area contributed by atoms with E-state index in [4.69, 9.17) is 10.2 Å². The maximum atomic E-state index is 13.1. The van der Waals surface area contributed by atoms with Crippen molar-refractivity contribution in [3.05, 3.63) is 70.8 Å². The van der Waals surface area contributed by atoms with Gasteiger partial charge in [-0.05, 0) is 61.1 Å². The molecule has 0 aliphatic rings. The minimum atomic E-state index is -1.24. The van der Waals surface area contributed by atoms with Crippen molar-refractivity contribution in [2.75, 3.05) is 0 Å². The van der Waals surface area contributed by atoms with Crippen LogP contribution in [-0.4, -0.2) is 54.8 Å². The predicted molar refractivity (Wildman–Crippen MR) is 164 cm³/mol. The Morgan fingerprint density at radius 1 is 0.478 bits per heavy atom. The van der Waals surface area contributed by atoms with Crippen LogP contribution in [-0.2, 0) is 9.59 Å². The summed E-state index contributed by atoms with van der Waals surface area (Å²) >= 11 is 0. The van der Waals surface area contributed by atoms with Gasteiger partial charge in [-0.3, -0.25) is 9.59 Å². The number of hydrogen-bond acceptors (Lipinski definition) is 6. The first kappa shape index (κ1) is 41.0. The summed E-state index contributed by atoms with van der Waals surface area (Å²) in [5, 5.41) is 56.7. The highest BCUT2D eigenvalue weighted by atomic mass is 19.2. The van der Waals surface area contributed by atoms with Crippen LogP contribution in [0.1, 0.15) is 126 Å². The van der Waals surface area contributed by atoms with E-state index >= 15 is 0 Å². The molecule has 0 amide bonds. The highest BCUT2D eigenvalue weighted by Gasteiger charge is 2.20. The number of halogens is 4. The van der Waals surface area contributed by atoms with Gasteiger partial charge in [0.1, 0.15) is 12.2 Å². The fourth-order valence-corrected chi connectivity index (χ4v) is 4.83. The van der Waals surface area contributed by atoms with Gasteiger partial charge in [-0.15, -0.1) is 0 Å². The average Bonchev–Trinajstić information content (AvgIpc) is 3.01. The Morgan fingerprint density at radius 3 is 1.09 bits per heavy atom. The largest absolute Gasteiger partial charge is 0.481 e. The molecular weight excluding hydrogens is 612 g/mol. The average molecular weight is 661 g/mol. The van der Waals surface area contributed by atoms with Crippen LogP contribution in [0.25, 0.3) is 0 Å². The first-order valence-corrected chi connectivity index (χ1v) is 15.9. The smallest absolute Gasteiger partial charge is 0.303 e. The molecule has 0 spiro atoms. The molecular formula is C34H48F4O8. The molecule has 0 aliphatic carbocycles. The van der Waals surface area contributed by atoms with Crippen LogP contribution >= 0.6 is 0 Å². The number of aliphatic hydroxyl groups excluding tert-OH is 4. The number of aliphatic carboxylic acids is 2. The minimum Gasteiger partial charge on any atom is -0.481 e. The third kappa shape index (κ3) is 17.6. The van der Waals surface area contributed by atoms with Crippen molar-refractivity contribution >= 4 is 11.9 Å². The zero-order chi connectivity index (χ0) is 34.5. The van der Waals surface area contributed by atoms with E-state index in [-0.39, 0.29) is 24.0 Å². The lowest BCUT2D eigenvalue weighted by Crippen LogP contribution is -2.18. The van der Waals surface area contributed by atoms with Gasteiger partial charge in [-0.2, -0.15) is 0 Å². The number of rotatable bonds is 22. The molecule has 0 bridgehead atoms. The molecule has 2 rings (SSSR count). The Labute approximate surface area is 267 Å². The van der Waals surface area contributed by atoms with Gasteiger partial charge in [0.2, 0.25) is 0 Å². The van der Waals surface area contributed by atoms with Gasteiger partial charge in [0.15, 0.2) is 23.3 Å². The Morgan fingerprint density at radius 2 is 0.783 bits per heavy atom. The molecule has 0 radical (unpaired) electrons. The zero-order valence-corrected chi connectivity index (χ0v) is 26.1. The van der Waals surface area contributed by atoms with Gasteiger partial charge in [0.05, 0.1) is 12.2 Å². The first-order valence-electron chi connectivity index (χ1n) is 15.9.